The Kier molecular flexibility index (Phi) is 4.12. The molecule has 13 heavy (non-hydrogen) atoms. The number of hydrogen-bond donors (Lipinski definition) is 1. The molecular weight excluding hydrogens is 228 g/mol. The van der Waals surface area contributed by atoms with Gasteiger partial charge in [-0.1, -0.05) is 28.6 Å². The Morgan fingerprint density at radius 2 is 2.54 bits per heavy atom. The summed E-state index contributed by atoms with van der Waals surface area (Å²) >= 11 is 3.30. The van der Waals surface area contributed by atoms with Crippen molar-refractivity contribution in [2.45, 2.75) is 13.0 Å². The van der Waals surface area contributed by atoms with Gasteiger partial charge in [0.1, 0.15) is 0 Å². The number of nitrogens with zero attached hydrogens (tertiary/aromatic N) is 1. The third-order valence-corrected chi connectivity index (χ3v) is 2.06. The maximum absolute atomic E-state index is 4.06. The van der Waals surface area contributed by atoms with E-state index in [1.54, 1.807) is 6.20 Å². The predicted octanol–water partition coefficient (Wildman–Crippen LogP) is 2.64. The first-order chi connectivity index (χ1) is 6.20. The topological polar surface area (TPSA) is 24.9 Å². The Bertz CT molecular complexity index is 272. The summed E-state index contributed by atoms with van der Waals surface area (Å²) in [5.74, 6) is 0. The lowest BCUT2D eigenvalue weighted by Crippen LogP contribution is -2.19. The highest BCUT2D eigenvalue weighted by Gasteiger charge is 2.03. The fourth-order valence-corrected chi connectivity index (χ4v) is 1.18. The van der Waals surface area contributed by atoms with Gasteiger partial charge in [-0.25, -0.2) is 0 Å². The summed E-state index contributed by atoms with van der Waals surface area (Å²) in [6.07, 6.45) is 3.65. The monoisotopic (exact) mass is 240 g/mol. The first kappa shape index (κ1) is 10.4. The average molecular weight is 241 g/mol. The molecule has 2 nitrogen and oxygen atoms in total. The van der Waals surface area contributed by atoms with E-state index in [2.05, 4.69) is 45.8 Å². The Hall–Kier alpha value is -0.670. The second kappa shape index (κ2) is 5.14. The van der Waals surface area contributed by atoms with Crippen molar-refractivity contribution in [3.05, 3.63) is 41.2 Å². The fraction of sp³-hybridized carbons (Fsp3) is 0.300. The number of halogens is 1. The van der Waals surface area contributed by atoms with Crippen LogP contribution in [-0.2, 0) is 0 Å². The molecule has 0 unspecified atom stereocenters. The van der Waals surface area contributed by atoms with Gasteiger partial charge in [0.2, 0.25) is 0 Å². The molecule has 1 atom stereocenters. The molecule has 1 rings (SSSR count). The highest BCUT2D eigenvalue weighted by Crippen LogP contribution is 2.10. The molecule has 0 spiro atoms. The minimum Gasteiger partial charge on any atom is -0.306 e. The van der Waals surface area contributed by atoms with Crippen molar-refractivity contribution in [3.8, 4) is 0 Å². The van der Waals surface area contributed by atoms with Gasteiger partial charge in [-0.15, -0.1) is 0 Å². The molecule has 1 aromatic rings. The second-order valence-corrected chi connectivity index (χ2v) is 4.03. The molecule has 0 aliphatic carbocycles. The van der Waals surface area contributed by atoms with Crippen LogP contribution in [0.1, 0.15) is 18.5 Å². The van der Waals surface area contributed by atoms with Crippen molar-refractivity contribution < 1.29 is 0 Å². The number of hydrogen-bond acceptors (Lipinski definition) is 2. The van der Waals surface area contributed by atoms with E-state index in [4.69, 9.17) is 0 Å². The fourth-order valence-electron chi connectivity index (χ4n) is 1.01. The lowest BCUT2D eigenvalue weighted by atomic mass is 10.1. The summed E-state index contributed by atoms with van der Waals surface area (Å²) in [6, 6.07) is 4.31. The van der Waals surface area contributed by atoms with Gasteiger partial charge in [-0.3, -0.25) is 4.98 Å². The summed E-state index contributed by atoms with van der Waals surface area (Å²) in [5.41, 5.74) is 1.19. The Morgan fingerprint density at radius 1 is 1.77 bits per heavy atom. The molecule has 0 amide bonds. The van der Waals surface area contributed by atoms with Gasteiger partial charge in [-0.05, 0) is 18.6 Å². The molecule has 0 aliphatic heterocycles. The molecule has 0 saturated heterocycles. The number of rotatable bonds is 4. The molecule has 1 heterocycles. The molecule has 1 N–H and O–H groups in total. The van der Waals surface area contributed by atoms with Gasteiger partial charge in [-0.2, -0.15) is 0 Å². The summed E-state index contributed by atoms with van der Waals surface area (Å²) in [4.78, 5) is 4.06. The van der Waals surface area contributed by atoms with Crippen molar-refractivity contribution in [2.75, 3.05) is 6.54 Å². The van der Waals surface area contributed by atoms with E-state index >= 15 is 0 Å². The summed E-state index contributed by atoms with van der Waals surface area (Å²) in [6.45, 7) is 6.64. The minimum atomic E-state index is 0.308. The molecule has 0 aliphatic rings. The largest absolute Gasteiger partial charge is 0.306 e. The van der Waals surface area contributed by atoms with Crippen molar-refractivity contribution in [3.63, 3.8) is 0 Å². The van der Waals surface area contributed by atoms with E-state index in [0.29, 0.717) is 6.04 Å². The van der Waals surface area contributed by atoms with Gasteiger partial charge < -0.3 is 5.32 Å². The van der Waals surface area contributed by atoms with Crippen LogP contribution < -0.4 is 5.32 Å². The first-order valence-corrected chi connectivity index (χ1v) is 4.96. The van der Waals surface area contributed by atoms with Crippen LogP contribution in [0.15, 0.2) is 35.6 Å². The average Bonchev–Trinajstić information content (AvgIpc) is 2.15. The van der Waals surface area contributed by atoms with E-state index in [9.17, 15) is 0 Å². The number of aromatic nitrogens is 1. The second-order valence-electron chi connectivity index (χ2n) is 2.91. The van der Waals surface area contributed by atoms with Crippen LogP contribution >= 0.6 is 15.9 Å². The Labute approximate surface area is 87.2 Å². The molecule has 0 saturated carbocycles. The molecule has 0 aromatic carbocycles. The summed E-state index contributed by atoms with van der Waals surface area (Å²) in [7, 11) is 0. The third kappa shape index (κ3) is 3.70. The van der Waals surface area contributed by atoms with E-state index in [0.717, 1.165) is 11.0 Å². The van der Waals surface area contributed by atoms with Crippen LogP contribution in [-0.4, -0.2) is 11.5 Å². The minimum absolute atomic E-state index is 0.308. The van der Waals surface area contributed by atoms with E-state index < -0.39 is 0 Å². The SMILES string of the molecule is C=C(Br)CN[C@H](C)c1cccnc1. The van der Waals surface area contributed by atoms with E-state index in [1.165, 1.54) is 5.56 Å². The maximum atomic E-state index is 4.06. The third-order valence-electron chi connectivity index (χ3n) is 1.78. The first-order valence-electron chi connectivity index (χ1n) is 4.16. The molecule has 0 fully saturated rings. The predicted molar refractivity (Wildman–Crippen MR) is 58.7 cm³/mol. The standard InChI is InChI=1S/C10H13BrN2/c1-8(11)6-13-9(2)10-4-3-5-12-7-10/h3-5,7,9,13H,1,6H2,2H3/t9-/m1/s1. The zero-order valence-electron chi connectivity index (χ0n) is 7.63. The van der Waals surface area contributed by atoms with Crippen LogP contribution in [0.3, 0.4) is 0 Å². The maximum Gasteiger partial charge on any atom is 0.0315 e. The van der Waals surface area contributed by atoms with Gasteiger partial charge >= 0.3 is 0 Å². The molecule has 0 bridgehead atoms. The zero-order valence-corrected chi connectivity index (χ0v) is 9.21. The van der Waals surface area contributed by atoms with Crippen LogP contribution in [0.4, 0.5) is 0 Å². The normalized spacial score (nSPS) is 12.5. The van der Waals surface area contributed by atoms with E-state index in [1.807, 2.05) is 12.3 Å². The van der Waals surface area contributed by atoms with Crippen LogP contribution in [0, 0.1) is 0 Å². The lowest BCUT2D eigenvalue weighted by molar-refractivity contribution is 0.613. The zero-order chi connectivity index (χ0) is 9.68. The number of nitrogens with one attached hydrogen (secondary N) is 1. The van der Waals surface area contributed by atoms with Gasteiger partial charge in [0.15, 0.2) is 0 Å². The van der Waals surface area contributed by atoms with Gasteiger partial charge in [0.25, 0.3) is 0 Å². The smallest absolute Gasteiger partial charge is 0.0315 e. The molecule has 3 heteroatoms. The van der Waals surface area contributed by atoms with Gasteiger partial charge in [0.05, 0.1) is 0 Å². The Morgan fingerprint density at radius 3 is 3.08 bits per heavy atom. The molecule has 70 valence electrons. The van der Waals surface area contributed by atoms with Crippen molar-refractivity contribution >= 4 is 15.9 Å². The molecule has 0 radical (unpaired) electrons. The van der Waals surface area contributed by atoms with Crippen molar-refractivity contribution in [1.82, 2.24) is 10.3 Å². The number of pyridine rings is 1. The van der Waals surface area contributed by atoms with Crippen LogP contribution in [0.25, 0.3) is 0 Å². The lowest BCUT2D eigenvalue weighted by Gasteiger charge is -2.12. The quantitative estimate of drug-likeness (QED) is 0.876. The molecular formula is C10H13BrN2. The van der Waals surface area contributed by atoms with Crippen LogP contribution in [0.5, 0.6) is 0 Å². The molecule has 1 aromatic heterocycles. The highest BCUT2D eigenvalue weighted by molar-refractivity contribution is 9.11. The van der Waals surface area contributed by atoms with E-state index in [-0.39, 0.29) is 0 Å². The van der Waals surface area contributed by atoms with Crippen LogP contribution in [0.2, 0.25) is 0 Å². The highest BCUT2D eigenvalue weighted by atomic mass is 79.9. The summed E-state index contributed by atoms with van der Waals surface area (Å²) in [5, 5.41) is 3.31. The van der Waals surface area contributed by atoms with Crippen molar-refractivity contribution in [1.29, 1.82) is 0 Å². The van der Waals surface area contributed by atoms with Gasteiger partial charge in [0, 0.05) is 29.5 Å². The summed E-state index contributed by atoms with van der Waals surface area (Å²) < 4.78 is 0.961. The Balaban J connectivity index is 2.49. The van der Waals surface area contributed by atoms with Crippen molar-refractivity contribution in [2.24, 2.45) is 0 Å².